The maximum Gasteiger partial charge on any atom is 0.226 e. The predicted molar refractivity (Wildman–Crippen MR) is 87.1 cm³/mol. The zero-order valence-electron chi connectivity index (χ0n) is 13.7. The molecule has 1 unspecified atom stereocenters. The molecule has 1 aromatic carbocycles. The molecule has 0 aromatic heterocycles. The van der Waals surface area contributed by atoms with Crippen LogP contribution in [0, 0.1) is 5.41 Å². The van der Waals surface area contributed by atoms with E-state index in [0.29, 0.717) is 23.8 Å². The second kappa shape index (κ2) is 8.13. The lowest BCUT2D eigenvalue weighted by Crippen LogP contribution is -2.42. The number of hydrogen-bond donors (Lipinski definition) is 1. The molecule has 0 heterocycles. The summed E-state index contributed by atoms with van der Waals surface area (Å²) in [4.78, 5) is 12.0. The summed E-state index contributed by atoms with van der Waals surface area (Å²) < 4.78 is 16.4. The second-order valence-corrected chi connectivity index (χ2v) is 5.91. The van der Waals surface area contributed by atoms with Crippen molar-refractivity contribution in [2.24, 2.45) is 5.41 Å². The highest BCUT2D eigenvalue weighted by atomic mass is 35.5. The molecule has 1 rings (SSSR count). The van der Waals surface area contributed by atoms with Gasteiger partial charge >= 0.3 is 0 Å². The molecule has 1 atom stereocenters. The normalized spacial score (nSPS) is 12.5. The van der Waals surface area contributed by atoms with Crippen LogP contribution < -0.4 is 19.5 Å². The minimum absolute atomic E-state index is 0.101. The fraction of sp³-hybridized carbons (Fsp3) is 0.562. The first kappa shape index (κ1) is 18.4. The molecule has 5 nitrogen and oxygen atoms in total. The zero-order valence-corrected chi connectivity index (χ0v) is 14.5. The summed E-state index contributed by atoms with van der Waals surface area (Å²) in [5.41, 5.74) is -0.602. The Hall–Kier alpha value is -1.62. The van der Waals surface area contributed by atoms with Crippen molar-refractivity contribution in [3.63, 3.8) is 0 Å². The smallest absolute Gasteiger partial charge is 0.226 e. The van der Waals surface area contributed by atoms with Crippen molar-refractivity contribution in [1.82, 2.24) is 5.32 Å². The Balaban J connectivity index is 2.66. The molecule has 22 heavy (non-hydrogen) atoms. The van der Waals surface area contributed by atoms with Crippen molar-refractivity contribution in [3.05, 3.63) is 18.2 Å². The Kier molecular flexibility index (Phi) is 6.81. The molecule has 1 N–H and O–H groups in total. The number of ether oxygens (including phenoxy) is 3. The number of carbonyl (C=O) groups is 1. The summed E-state index contributed by atoms with van der Waals surface area (Å²) >= 11 is 5.78. The van der Waals surface area contributed by atoms with Gasteiger partial charge in [-0.2, -0.15) is 0 Å². The third kappa shape index (κ3) is 4.70. The van der Waals surface area contributed by atoms with Crippen molar-refractivity contribution in [1.29, 1.82) is 0 Å². The molecule has 1 aromatic rings. The molecule has 0 saturated heterocycles. The summed E-state index contributed by atoms with van der Waals surface area (Å²) in [6.07, 6.45) is -0.226. The Morgan fingerprint density at radius 3 is 2.45 bits per heavy atom. The van der Waals surface area contributed by atoms with Crippen molar-refractivity contribution in [2.45, 2.75) is 26.9 Å². The fourth-order valence-electron chi connectivity index (χ4n) is 1.75. The largest absolute Gasteiger partial charge is 0.493 e. The van der Waals surface area contributed by atoms with E-state index in [1.165, 1.54) is 0 Å². The molecule has 1 amide bonds. The minimum atomic E-state index is -0.602. The average molecular weight is 330 g/mol. The summed E-state index contributed by atoms with van der Waals surface area (Å²) in [5.74, 6) is 1.86. The van der Waals surface area contributed by atoms with Crippen LogP contribution in [0.2, 0.25) is 0 Å². The van der Waals surface area contributed by atoms with Gasteiger partial charge in [0.1, 0.15) is 6.10 Å². The molecule has 124 valence electrons. The van der Waals surface area contributed by atoms with Gasteiger partial charge in [-0.1, -0.05) is 6.07 Å². The predicted octanol–water partition coefficient (Wildman–Crippen LogP) is 2.85. The number of benzene rings is 1. The van der Waals surface area contributed by atoms with Gasteiger partial charge in [0, 0.05) is 5.88 Å². The first-order valence-electron chi connectivity index (χ1n) is 7.07. The van der Waals surface area contributed by atoms with E-state index < -0.39 is 5.41 Å². The average Bonchev–Trinajstić information content (AvgIpc) is 2.52. The van der Waals surface area contributed by atoms with Gasteiger partial charge in [0.25, 0.3) is 0 Å². The van der Waals surface area contributed by atoms with Crippen molar-refractivity contribution in [2.75, 3.05) is 26.6 Å². The Labute approximate surface area is 136 Å². The zero-order chi connectivity index (χ0) is 16.8. The van der Waals surface area contributed by atoms with E-state index in [4.69, 9.17) is 25.8 Å². The first-order chi connectivity index (χ1) is 10.4. The van der Waals surface area contributed by atoms with E-state index in [1.807, 2.05) is 13.0 Å². The van der Waals surface area contributed by atoms with Gasteiger partial charge in [0.05, 0.1) is 26.2 Å². The van der Waals surface area contributed by atoms with Gasteiger partial charge in [-0.15, -0.1) is 11.6 Å². The van der Waals surface area contributed by atoms with Crippen molar-refractivity contribution >= 4 is 17.5 Å². The lowest BCUT2D eigenvalue weighted by atomic mass is 9.95. The van der Waals surface area contributed by atoms with Crippen LogP contribution in [-0.2, 0) is 4.79 Å². The monoisotopic (exact) mass is 329 g/mol. The van der Waals surface area contributed by atoms with Crippen molar-refractivity contribution in [3.8, 4) is 17.2 Å². The van der Waals surface area contributed by atoms with Crippen LogP contribution in [0.5, 0.6) is 17.2 Å². The van der Waals surface area contributed by atoms with E-state index in [1.54, 1.807) is 40.2 Å². The number of rotatable bonds is 8. The van der Waals surface area contributed by atoms with E-state index in [9.17, 15) is 4.79 Å². The molecule has 0 radical (unpaired) electrons. The van der Waals surface area contributed by atoms with Gasteiger partial charge < -0.3 is 19.5 Å². The van der Waals surface area contributed by atoms with Crippen LogP contribution in [0.4, 0.5) is 0 Å². The van der Waals surface area contributed by atoms with E-state index in [2.05, 4.69) is 5.32 Å². The SMILES string of the molecule is COc1cccc(OC(C)CNC(=O)C(C)(C)CCl)c1OC. The molecule has 0 aliphatic heterocycles. The van der Waals surface area contributed by atoms with Crippen LogP contribution in [0.1, 0.15) is 20.8 Å². The number of para-hydroxylation sites is 1. The van der Waals surface area contributed by atoms with Crippen LogP contribution in [-0.4, -0.2) is 38.7 Å². The highest BCUT2D eigenvalue weighted by molar-refractivity contribution is 6.19. The van der Waals surface area contributed by atoms with Crippen LogP contribution in [0.15, 0.2) is 18.2 Å². The summed E-state index contributed by atoms with van der Waals surface area (Å²) in [6.45, 7) is 5.84. The molecule has 0 bridgehead atoms. The van der Waals surface area contributed by atoms with Gasteiger partial charge in [-0.05, 0) is 32.9 Å². The van der Waals surface area contributed by atoms with Crippen LogP contribution >= 0.6 is 11.6 Å². The molecular formula is C16H24ClNO4. The van der Waals surface area contributed by atoms with E-state index in [-0.39, 0.29) is 17.9 Å². The Morgan fingerprint density at radius 2 is 1.91 bits per heavy atom. The molecule has 0 spiro atoms. The number of alkyl halides is 1. The number of carbonyl (C=O) groups excluding carboxylic acids is 1. The molecule has 0 aliphatic carbocycles. The topological polar surface area (TPSA) is 56.8 Å². The highest BCUT2D eigenvalue weighted by Crippen LogP contribution is 2.37. The maximum atomic E-state index is 12.0. The Bertz CT molecular complexity index is 505. The van der Waals surface area contributed by atoms with Gasteiger partial charge in [-0.25, -0.2) is 0 Å². The highest BCUT2D eigenvalue weighted by Gasteiger charge is 2.26. The quantitative estimate of drug-likeness (QED) is 0.745. The number of nitrogens with one attached hydrogen (secondary N) is 1. The standard InChI is InChI=1S/C16H24ClNO4/c1-11(9-18-15(19)16(2,3)10-17)22-13-8-6-7-12(20-4)14(13)21-5/h6-8,11H,9-10H2,1-5H3,(H,18,19). The number of hydrogen-bond acceptors (Lipinski definition) is 4. The maximum absolute atomic E-state index is 12.0. The summed E-state index contributed by atoms with van der Waals surface area (Å²) in [6, 6.07) is 5.40. The third-order valence-corrected chi connectivity index (χ3v) is 3.86. The lowest BCUT2D eigenvalue weighted by Gasteiger charge is -2.23. The number of halogens is 1. The lowest BCUT2D eigenvalue weighted by molar-refractivity contribution is -0.128. The van der Waals surface area contributed by atoms with E-state index >= 15 is 0 Å². The number of amides is 1. The minimum Gasteiger partial charge on any atom is -0.493 e. The summed E-state index contributed by atoms with van der Waals surface area (Å²) in [7, 11) is 3.12. The van der Waals surface area contributed by atoms with Crippen LogP contribution in [0.25, 0.3) is 0 Å². The van der Waals surface area contributed by atoms with Gasteiger partial charge in [0.2, 0.25) is 11.7 Å². The molecule has 0 aliphatic rings. The number of methoxy groups -OCH3 is 2. The van der Waals surface area contributed by atoms with Crippen LogP contribution in [0.3, 0.4) is 0 Å². The van der Waals surface area contributed by atoms with Gasteiger partial charge in [0.15, 0.2) is 11.5 Å². The summed E-state index contributed by atoms with van der Waals surface area (Å²) in [5, 5.41) is 2.84. The van der Waals surface area contributed by atoms with Gasteiger partial charge in [-0.3, -0.25) is 4.79 Å². The molecular weight excluding hydrogens is 306 g/mol. The van der Waals surface area contributed by atoms with E-state index in [0.717, 1.165) is 0 Å². The third-order valence-electron chi connectivity index (χ3n) is 3.19. The first-order valence-corrected chi connectivity index (χ1v) is 7.61. The van der Waals surface area contributed by atoms with Crippen molar-refractivity contribution < 1.29 is 19.0 Å². The fourth-order valence-corrected chi connectivity index (χ4v) is 1.87. The Morgan fingerprint density at radius 1 is 1.27 bits per heavy atom. The molecule has 0 saturated carbocycles. The second-order valence-electron chi connectivity index (χ2n) is 5.65. The molecule has 6 heteroatoms. The molecule has 0 fully saturated rings.